The second kappa shape index (κ2) is 3.49. The highest BCUT2D eigenvalue weighted by molar-refractivity contribution is 5.95. The fourth-order valence-electron chi connectivity index (χ4n) is 2.03. The molecule has 16 heavy (non-hydrogen) atoms. The molecule has 0 saturated carbocycles. The predicted octanol–water partition coefficient (Wildman–Crippen LogP) is 3.38. The quantitative estimate of drug-likeness (QED) is 0.590. The van der Waals surface area contributed by atoms with Crippen molar-refractivity contribution in [3.8, 4) is 0 Å². The summed E-state index contributed by atoms with van der Waals surface area (Å²) in [4.78, 5) is 4.40. The van der Waals surface area contributed by atoms with Crippen molar-refractivity contribution in [1.29, 1.82) is 0 Å². The Kier molecular flexibility index (Phi) is 2.00. The molecule has 0 radical (unpaired) electrons. The monoisotopic (exact) mass is 208 g/mol. The molecule has 1 aromatic heterocycles. The van der Waals surface area contributed by atoms with Crippen LogP contribution in [-0.2, 0) is 6.54 Å². The zero-order chi connectivity index (χ0) is 11.0. The van der Waals surface area contributed by atoms with Crippen LogP contribution < -0.4 is 0 Å². The van der Waals surface area contributed by atoms with E-state index >= 15 is 0 Å². The van der Waals surface area contributed by atoms with E-state index in [0.717, 1.165) is 12.1 Å². The van der Waals surface area contributed by atoms with Gasteiger partial charge in [-0.15, -0.1) is 6.58 Å². The van der Waals surface area contributed by atoms with Crippen LogP contribution in [0.2, 0.25) is 0 Å². The summed E-state index contributed by atoms with van der Waals surface area (Å²) >= 11 is 0. The Labute approximate surface area is 93.8 Å². The van der Waals surface area contributed by atoms with Gasteiger partial charge < -0.3 is 4.57 Å². The lowest BCUT2D eigenvalue weighted by Gasteiger charge is -2.01. The fraction of sp³-hybridized carbons (Fsp3) is 0.0714. The molecule has 0 bridgehead atoms. The second-order valence-electron chi connectivity index (χ2n) is 3.87. The Morgan fingerprint density at radius 3 is 2.69 bits per heavy atom. The fourth-order valence-corrected chi connectivity index (χ4v) is 2.03. The topological polar surface area (TPSA) is 17.8 Å². The van der Waals surface area contributed by atoms with Gasteiger partial charge in [0.2, 0.25) is 0 Å². The molecule has 3 aromatic rings. The molecule has 0 aliphatic carbocycles. The van der Waals surface area contributed by atoms with Crippen LogP contribution in [-0.4, -0.2) is 9.55 Å². The zero-order valence-corrected chi connectivity index (χ0v) is 8.93. The summed E-state index contributed by atoms with van der Waals surface area (Å²) in [6.07, 6.45) is 3.75. The average molecular weight is 208 g/mol. The SMILES string of the molecule is C=CCn1cnc2cc3ccccc3cc21. The van der Waals surface area contributed by atoms with Crippen LogP contribution >= 0.6 is 0 Å². The van der Waals surface area contributed by atoms with E-state index in [1.165, 1.54) is 16.3 Å². The van der Waals surface area contributed by atoms with Gasteiger partial charge in [-0.1, -0.05) is 30.3 Å². The summed E-state index contributed by atoms with van der Waals surface area (Å²) in [5, 5.41) is 2.49. The van der Waals surface area contributed by atoms with Gasteiger partial charge in [-0.3, -0.25) is 0 Å². The molecular weight excluding hydrogens is 196 g/mol. The van der Waals surface area contributed by atoms with E-state index in [9.17, 15) is 0 Å². The minimum Gasteiger partial charge on any atom is -0.327 e. The Bertz CT molecular complexity index is 665. The molecule has 0 spiro atoms. The van der Waals surface area contributed by atoms with Crippen LogP contribution in [0.5, 0.6) is 0 Å². The molecule has 0 aliphatic heterocycles. The molecule has 0 atom stereocenters. The Morgan fingerprint density at radius 2 is 1.94 bits per heavy atom. The first-order valence-corrected chi connectivity index (χ1v) is 5.33. The van der Waals surface area contributed by atoms with E-state index in [4.69, 9.17) is 0 Å². The minimum absolute atomic E-state index is 0.800. The number of benzene rings is 2. The van der Waals surface area contributed by atoms with Crippen molar-refractivity contribution in [1.82, 2.24) is 9.55 Å². The molecule has 0 saturated heterocycles. The van der Waals surface area contributed by atoms with Crippen molar-refractivity contribution >= 4 is 21.8 Å². The van der Waals surface area contributed by atoms with Gasteiger partial charge in [-0.25, -0.2) is 4.98 Å². The molecule has 0 N–H and O–H groups in total. The Hall–Kier alpha value is -2.09. The number of allylic oxidation sites excluding steroid dienone is 1. The van der Waals surface area contributed by atoms with E-state index in [0.29, 0.717) is 0 Å². The standard InChI is InChI=1S/C14H12N2/c1-2-7-16-10-15-13-8-11-5-3-4-6-12(11)9-14(13)16/h2-6,8-10H,1,7H2. The van der Waals surface area contributed by atoms with Crippen molar-refractivity contribution in [2.75, 3.05) is 0 Å². The molecule has 0 aliphatic rings. The molecule has 2 aromatic carbocycles. The van der Waals surface area contributed by atoms with Gasteiger partial charge in [0.25, 0.3) is 0 Å². The molecule has 2 nitrogen and oxygen atoms in total. The second-order valence-corrected chi connectivity index (χ2v) is 3.87. The van der Waals surface area contributed by atoms with Crippen molar-refractivity contribution in [3.63, 3.8) is 0 Å². The van der Waals surface area contributed by atoms with Gasteiger partial charge in [0, 0.05) is 6.54 Å². The molecule has 0 amide bonds. The van der Waals surface area contributed by atoms with E-state index in [-0.39, 0.29) is 0 Å². The van der Waals surface area contributed by atoms with E-state index in [1.54, 1.807) is 0 Å². The van der Waals surface area contributed by atoms with Gasteiger partial charge in [-0.2, -0.15) is 0 Å². The first-order chi connectivity index (χ1) is 7.88. The van der Waals surface area contributed by atoms with E-state index in [2.05, 4.69) is 52.5 Å². The van der Waals surface area contributed by atoms with Crippen LogP contribution in [0.25, 0.3) is 21.8 Å². The van der Waals surface area contributed by atoms with Crippen molar-refractivity contribution in [2.45, 2.75) is 6.54 Å². The maximum Gasteiger partial charge on any atom is 0.0961 e. The third kappa shape index (κ3) is 1.31. The summed E-state index contributed by atoms with van der Waals surface area (Å²) in [6, 6.07) is 12.7. The highest BCUT2D eigenvalue weighted by atomic mass is 15.0. The van der Waals surface area contributed by atoms with E-state index in [1.807, 2.05) is 12.4 Å². The number of rotatable bonds is 2. The van der Waals surface area contributed by atoms with Gasteiger partial charge in [0.05, 0.1) is 17.4 Å². The third-order valence-electron chi connectivity index (χ3n) is 2.81. The van der Waals surface area contributed by atoms with Gasteiger partial charge in [-0.05, 0) is 22.9 Å². The van der Waals surface area contributed by atoms with Crippen LogP contribution in [0.1, 0.15) is 0 Å². The Morgan fingerprint density at radius 1 is 1.19 bits per heavy atom. The summed E-state index contributed by atoms with van der Waals surface area (Å²) in [7, 11) is 0. The minimum atomic E-state index is 0.800. The van der Waals surface area contributed by atoms with Crippen LogP contribution in [0.4, 0.5) is 0 Å². The van der Waals surface area contributed by atoms with Gasteiger partial charge >= 0.3 is 0 Å². The van der Waals surface area contributed by atoms with Crippen molar-refractivity contribution < 1.29 is 0 Å². The first-order valence-electron chi connectivity index (χ1n) is 5.33. The van der Waals surface area contributed by atoms with Crippen LogP contribution in [0.15, 0.2) is 55.4 Å². The normalized spacial score (nSPS) is 11.0. The molecular formula is C14H12N2. The van der Waals surface area contributed by atoms with Crippen molar-refractivity contribution in [2.24, 2.45) is 0 Å². The van der Waals surface area contributed by atoms with Gasteiger partial charge in [0.15, 0.2) is 0 Å². The molecule has 0 unspecified atom stereocenters. The summed E-state index contributed by atoms with van der Waals surface area (Å²) in [5.41, 5.74) is 2.21. The lowest BCUT2D eigenvalue weighted by atomic mass is 10.1. The summed E-state index contributed by atoms with van der Waals surface area (Å²) < 4.78 is 2.11. The number of aromatic nitrogens is 2. The summed E-state index contributed by atoms with van der Waals surface area (Å²) in [6.45, 7) is 4.56. The zero-order valence-electron chi connectivity index (χ0n) is 8.93. The smallest absolute Gasteiger partial charge is 0.0961 e. The van der Waals surface area contributed by atoms with Gasteiger partial charge in [0.1, 0.15) is 0 Å². The Balaban J connectivity index is 2.35. The largest absolute Gasteiger partial charge is 0.327 e. The number of imidazole rings is 1. The van der Waals surface area contributed by atoms with Crippen LogP contribution in [0.3, 0.4) is 0 Å². The molecule has 3 rings (SSSR count). The molecule has 78 valence electrons. The maximum absolute atomic E-state index is 4.40. The maximum atomic E-state index is 4.40. The highest BCUT2D eigenvalue weighted by Crippen LogP contribution is 2.21. The molecule has 1 heterocycles. The summed E-state index contributed by atoms with van der Waals surface area (Å²) in [5.74, 6) is 0. The first kappa shape index (κ1) is 9.16. The predicted molar refractivity (Wildman–Crippen MR) is 67.4 cm³/mol. The number of fused-ring (bicyclic) bond motifs is 2. The molecule has 2 heteroatoms. The third-order valence-corrected chi connectivity index (χ3v) is 2.81. The lowest BCUT2D eigenvalue weighted by Crippen LogP contribution is -1.91. The van der Waals surface area contributed by atoms with E-state index < -0.39 is 0 Å². The highest BCUT2D eigenvalue weighted by Gasteiger charge is 2.02. The van der Waals surface area contributed by atoms with Crippen LogP contribution in [0, 0.1) is 0 Å². The average Bonchev–Trinajstić information content (AvgIpc) is 2.70. The van der Waals surface area contributed by atoms with Crippen molar-refractivity contribution in [3.05, 3.63) is 55.4 Å². The number of nitrogens with zero attached hydrogens (tertiary/aromatic N) is 2. The number of hydrogen-bond acceptors (Lipinski definition) is 1. The molecule has 0 fully saturated rings. The number of hydrogen-bond donors (Lipinski definition) is 0. The lowest BCUT2D eigenvalue weighted by molar-refractivity contribution is 0.851.